The summed E-state index contributed by atoms with van der Waals surface area (Å²) in [6.07, 6.45) is 4.20. The Balaban J connectivity index is 1.63. The van der Waals surface area contributed by atoms with Crippen LogP contribution < -0.4 is 5.32 Å². The summed E-state index contributed by atoms with van der Waals surface area (Å²) >= 11 is 0. The molecule has 0 spiro atoms. The highest BCUT2D eigenvalue weighted by molar-refractivity contribution is 5.73. The van der Waals surface area contributed by atoms with Gasteiger partial charge in [0.05, 0.1) is 17.9 Å². The normalized spacial score (nSPS) is 16.5. The van der Waals surface area contributed by atoms with Crippen molar-refractivity contribution in [3.8, 4) is 0 Å². The number of aromatic nitrogens is 5. The summed E-state index contributed by atoms with van der Waals surface area (Å²) < 4.78 is 41.5. The van der Waals surface area contributed by atoms with Crippen LogP contribution in [0.15, 0.2) is 30.9 Å². The number of hydrogen-bond acceptors (Lipinski definition) is 4. The topological polar surface area (TPSA) is 60.0 Å². The molecule has 1 atom stereocenters. The third-order valence-electron chi connectivity index (χ3n) is 4.27. The van der Waals surface area contributed by atoms with Crippen LogP contribution in [0.25, 0.3) is 5.52 Å². The van der Waals surface area contributed by atoms with Crippen molar-refractivity contribution < 1.29 is 13.2 Å². The van der Waals surface area contributed by atoms with Crippen LogP contribution in [0.1, 0.15) is 31.5 Å². The molecule has 0 bridgehead atoms. The van der Waals surface area contributed by atoms with Gasteiger partial charge >= 0.3 is 6.18 Å². The highest BCUT2D eigenvalue weighted by Crippen LogP contribution is 2.39. The second kappa shape index (κ2) is 5.22. The van der Waals surface area contributed by atoms with Gasteiger partial charge in [-0.25, -0.2) is 9.50 Å². The van der Waals surface area contributed by atoms with Crippen molar-refractivity contribution in [3.05, 3.63) is 36.5 Å². The largest absolute Gasteiger partial charge is 0.435 e. The number of alkyl halides is 3. The van der Waals surface area contributed by atoms with Gasteiger partial charge in [-0.05, 0) is 25.7 Å². The van der Waals surface area contributed by atoms with E-state index in [9.17, 15) is 13.2 Å². The zero-order chi connectivity index (χ0) is 16.9. The van der Waals surface area contributed by atoms with Crippen LogP contribution in [0.3, 0.4) is 0 Å². The minimum Gasteiger partial charge on any atom is -0.336 e. The molecule has 1 aliphatic rings. The second-order valence-electron chi connectivity index (χ2n) is 6.05. The number of rotatable bonds is 4. The van der Waals surface area contributed by atoms with Crippen molar-refractivity contribution in [3.63, 3.8) is 0 Å². The Labute approximate surface area is 135 Å². The highest BCUT2D eigenvalue weighted by atomic mass is 19.4. The summed E-state index contributed by atoms with van der Waals surface area (Å²) in [5.74, 6) is 0.961. The van der Waals surface area contributed by atoms with Gasteiger partial charge < -0.3 is 5.32 Å². The molecule has 24 heavy (non-hydrogen) atoms. The Hall–Kier alpha value is -2.58. The summed E-state index contributed by atoms with van der Waals surface area (Å²) in [5.41, 5.74) is -0.0118. The van der Waals surface area contributed by atoms with Gasteiger partial charge in [0.15, 0.2) is 11.5 Å². The van der Waals surface area contributed by atoms with Gasteiger partial charge in [0.25, 0.3) is 0 Å². The smallest absolute Gasteiger partial charge is 0.336 e. The number of hydrogen-bond donors (Lipinski definition) is 1. The summed E-state index contributed by atoms with van der Waals surface area (Å²) in [4.78, 5) is 4.12. The highest BCUT2D eigenvalue weighted by Gasteiger charge is 2.34. The fraction of sp³-hybridized carbons (Fsp3) is 0.400. The molecular weight excluding hydrogens is 321 g/mol. The van der Waals surface area contributed by atoms with Gasteiger partial charge in [-0.3, -0.25) is 4.68 Å². The number of anilines is 2. The van der Waals surface area contributed by atoms with Gasteiger partial charge in [0, 0.05) is 24.7 Å². The molecule has 0 amide bonds. The third kappa shape index (κ3) is 2.70. The Kier molecular flexibility index (Phi) is 3.26. The number of nitrogens with one attached hydrogen (secondary N) is 1. The van der Waals surface area contributed by atoms with Crippen molar-refractivity contribution in [1.29, 1.82) is 0 Å². The molecule has 3 aromatic rings. The van der Waals surface area contributed by atoms with Crippen LogP contribution in [-0.4, -0.2) is 24.4 Å². The summed E-state index contributed by atoms with van der Waals surface area (Å²) in [7, 11) is 0. The van der Waals surface area contributed by atoms with Gasteiger partial charge in [0.2, 0.25) is 0 Å². The molecule has 0 radical (unpaired) electrons. The molecule has 1 unspecified atom stereocenters. The SMILES string of the molecule is CC(C1CC1)n1cc(Nc2nccn3nc(C(F)(F)F)cc23)cn1. The molecule has 0 saturated heterocycles. The number of fused-ring (bicyclic) bond motifs is 1. The van der Waals surface area contributed by atoms with Crippen molar-refractivity contribution in [2.24, 2.45) is 5.92 Å². The average Bonchev–Trinajstić information content (AvgIpc) is 3.09. The van der Waals surface area contributed by atoms with E-state index < -0.39 is 11.9 Å². The summed E-state index contributed by atoms with van der Waals surface area (Å²) in [5, 5.41) is 10.9. The van der Waals surface area contributed by atoms with Crippen LogP contribution in [0.4, 0.5) is 24.7 Å². The molecule has 9 heteroatoms. The molecular formula is C15H15F3N6. The van der Waals surface area contributed by atoms with Gasteiger partial charge in [-0.2, -0.15) is 23.4 Å². The fourth-order valence-corrected chi connectivity index (χ4v) is 2.71. The Morgan fingerprint density at radius 3 is 2.83 bits per heavy atom. The van der Waals surface area contributed by atoms with Crippen LogP contribution in [0.2, 0.25) is 0 Å². The lowest BCUT2D eigenvalue weighted by atomic mass is 10.2. The quantitative estimate of drug-likeness (QED) is 0.790. The number of nitrogens with zero attached hydrogens (tertiary/aromatic N) is 5. The van der Waals surface area contributed by atoms with E-state index in [4.69, 9.17) is 0 Å². The molecule has 0 aromatic carbocycles. The average molecular weight is 336 g/mol. The number of halogens is 3. The maximum atomic E-state index is 12.8. The molecule has 6 nitrogen and oxygen atoms in total. The van der Waals surface area contributed by atoms with E-state index in [1.165, 1.54) is 25.2 Å². The molecule has 1 aliphatic carbocycles. The van der Waals surface area contributed by atoms with Gasteiger partial charge in [0.1, 0.15) is 5.52 Å². The van der Waals surface area contributed by atoms with E-state index in [1.807, 2.05) is 10.9 Å². The first kappa shape index (κ1) is 15.0. The Bertz CT molecular complexity index is 877. The van der Waals surface area contributed by atoms with Crippen LogP contribution in [0.5, 0.6) is 0 Å². The lowest BCUT2D eigenvalue weighted by Crippen LogP contribution is -2.07. The van der Waals surface area contributed by atoms with Crippen molar-refractivity contribution in [1.82, 2.24) is 24.4 Å². The summed E-state index contributed by atoms with van der Waals surface area (Å²) in [6, 6.07) is 1.29. The first-order valence-electron chi connectivity index (χ1n) is 7.64. The van der Waals surface area contributed by atoms with E-state index in [0.29, 0.717) is 23.5 Å². The third-order valence-corrected chi connectivity index (χ3v) is 4.27. The summed E-state index contributed by atoms with van der Waals surface area (Å²) in [6.45, 7) is 2.11. The molecule has 3 heterocycles. The van der Waals surface area contributed by atoms with E-state index in [0.717, 1.165) is 10.6 Å². The molecule has 4 rings (SSSR count). The predicted octanol–water partition coefficient (Wildman–Crippen LogP) is 3.66. The molecule has 1 N–H and O–H groups in total. The lowest BCUT2D eigenvalue weighted by Gasteiger charge is -2.09. The van der Waals surface area contributed by atoms with Crippen LogP contribution in [0, 0.1) is 5.92 Å². The lowest BCUT2D eigenvalue weighted by molar-refractivity contribution is -0.141. The van der Waals surface area contributed by atoms with E-state index in [1.54, 1.807) is 6.20 Å². The van der Waals surface area contributed by atoms with Gasteiger partial charge in [-0.1, -0.05) is 0 Å². The molecule has 3 aromatic heterocycles. The zero-order valence-electron chi connectivity index (χ0n) is 12.8. The first-order valence-corrected chi connectivity index (χ1v) is 7.64. The van der Waals surface area contributed by atoms with E-state index in [2.05, 4.69) is 27.4 Å². The van der Waals surface area contributed by atoms with E-state index >= 15 is 0 Å². The minimum absolute atomic E-state index is 0.257. The fourth-order valence-electron chi connectivity index (χ4n) is 2.71. The standard InChI is InChI=1S/C15H15F3N6/c1-9(10-2-3-10)24-8-11(7-20-24)21-14-12-6-13(15(16,17)18)22-23(12)5-4-19-14/h4-10H,2-3H2,1H3,(H,19,21). The van der Waals surface area contributed by atoms with Gasteiger partial charge in [-0.15, -0.1) is 0 Å². The monoisotopic (exact) mass is 336 g/mol. The van der Waals surface area contributed by atoms with Crippen LogP contribution in [-0.2, 0) is 6.18 Å². The zero-order valence-corrected chi connectivity index (χ0v) is 12.8. The second-order valence-corrected chi connectivity index (χ2v) is 6.05. The van der Waals surface area contributed by atoms with Crippen molar-refractivity contribution >= 4 is 17.0 Å². The first-order chi connectivity index (χ1) is 11.4. The molecule has 0 aliphatic heterocycles. The molecule has 1 saturated carbocycles. The Morgan fingerprint density at radius 1 is 1.33 bits per heavy atom. The van der Waals surface area contributed by atoms with Crippen molar-refractivity contribution in [2.75, 3.05) is 5.32 Å². The Morgan fingerprint density at radius 2 is 2.12 bits per heavy atom. The van der Waals surface area contributed by atoms with Crippen LogP contribution >= 0.6 is 0 Å². The predicted molar refractivity (Wildman–Crippen MR) is 80.9 cm³/mol. The van der Waals surface area contributed by atoms with E-state index in [-0.39, 0.29) is 5.52 Å². The molecule has 126 valence electrons. The minimum atomic E-state index is -4.49. The van der Waals surface area contributed by atoms with Crippen molar-refractivity contribution in [2.45, 2.75) is 32.0 Å². The molecule has 1 fully saturated rings. The maximum Gasteiger partial charge on any atom is 0.435 e. The maximum absolute atomic E-state index is 12.8.